The van der Waals surface area contributed by atoms with Gasteiger partial charge in [0, 0.05) is 29.7 Å². The van der Waals surface area contributed by atoms with Crippen LogP contribution in [0, 0.1) is 12.7 Å². The quantitative estimate of drug-likeness (QED) is 0.266. The first kappa shape index (κ1) is 25.8. The third-order valence-corrected chi connectivity index (χ3v) is 8.60. The first-order valence-electron chi connectivity index (χ1n) is 13.7. The second kappa shape index (κ2) is 11.0. The SMILES string of the molecule is Cc1ccc(Cl)c([C@@H]2c3ccccc3CCN2CC(=O)N(Cc2ccccc2F)C2Cc3ccccc3C2)c1. The monoisotopic (exact) mass is 538 g/mol. The van der Waals surface area contributed by atoms with Gasteiger partial charge in [-0.2, -0.15) is 0 Å². The van der Waals surface area contributed by atoms with Crippen LogP contribution in [0.5, 0.6) is 0 Å². The molecule has 0 bridgehead atoms. The lowest BCUT2D eigenvalue weighted by molar-refractivity contribution is -0.136. The van der Waals surface area contributed by atoms with E-state index >= 15 is 0 Å². The van der Waals surface area contributed by atoms with Crippen LogP contribution in [0.15, 0.2) is 91.0 Å². The van der Waals surface area contributed by atoms with Gasteiger partial charge in [0.2, 0.25) is 5.91 Å². The van der Waals surface area contributed by atoms with E-state index in [2.05, 4.69) is 54.3 Å². The van der Waals surface area contributed by atoms with Gasteiger partial charge in [-0.3, -0.25) is 9.69 Å². The molecule has 39 heavy (non-hydrogen) atoms. The fourth-order valence-corrected chi connectivity index (χ4v) is 6.50. The van der Waals surface area contributed by atoms with E-state index in [0.717, 1.165) is 36.9 Å². The highest BCUT2D eigenvalue weighted by molar-refractivity contribution is 6.31. The summed E-state index contributed by atoms with van der Waals surface area (Å²) in [5, 5.41) is 0.703. The molecule has 0 aromatic heterocycles. The molecular formula is C34H32ClFN2O. The fraction of sp³-hybridized carbons (Fsp3) is 0.265. The summed E-state index contributed by atoms with van der Waals surface area (Å²) < 4.78 is 14.8. The summed E-state index contributed by atoms with van der Waals surface area (Å²) in [5.74, 6) is -0.258. The van der Waals surface area contributed by atoms with Crippen LogP contribution >= 0.6 is 11.6 Å². The largest absolute Gasteiger partial charge is 0.333 e. The maximum absolute atomic E-state index is 14.8. The zero-order valence-electron chi connectivity index (χ0n) is 22.1. The summed E-state index contributed by atoms with van der Waals surface area (Å²) in [4.78, 5) is 18.4. The van der Waals surface area contributed by atoms with Crippen LogP contribution in [0.1, 0.15) is 45.0 Å². The molecule has 0 unspecified atom stereocenters. The van der Waals surface area contributed by atoms with Crippen molar-refractivity contribution in [3.8, 4) is 0 Å². The van der Waals surface area contributed by atoms with Crippen LogP contribution in [0.4, 0.5) is 4.39 Å². The minimum atomic E-state index is -0.276. The molecule has 0 spiro atoms. The zero-order chi connectivity index (χ0) is 26.9. The van der Waals surface area contributed by atoms with Crippen molar-refractivity contribution in [2.24, 2.45) is 0 Å². The van der Waals surface area contributed by atoms with Crippen molar-refractivity contribution < 1.29 is 9.18 Å². The van der Waals surface area contributed by atoms with E-state index in [1.54, 1.807) is 12.1 Å². The van der Waals surface area contributed by atoms with Crippen LogP contribution < -0.4 is 0 Å². The topological polar surface area (TPSA) is 23.6 Å². The molecule has 0 radical (unpaired) electrons. The van der Waals surface area contributed by atoms with Crippen molar-refractivity contribution in [2.45, 2.75) is 44.8 Å². The first-order valence-corrected chi connectivity index (χ1v) is 14.0. The van der Waals surface area contributed by atoms with E-state index < -0.39 is 0 Å². The number of nitrogens with zero attached hydrogens (tertiary/aromatic N) is 2. The molecule has 1 heterocycles. The minimum absolute atomic E-state index is 0.00686. The van der Waals surface area contributed by atoms with E-state index in [1.807, 2.05) is 35.2 Å². The molecule has 0 saturated heterocycles. The highest BCUT2D eigenvalue weighted by Crippen LogP contribution is 2.39. The van der Waals surface area contributed by atoms with Gasteiger partial charge < -0.3 is 4.90 Å². The highest BCUT2D eigenvalue weighted by atomic mass is 35.5. The Morgan fingerprint density at radius 2 is 1.56 bits per heavy atom. The van der Waals surface area contributed by atoms with Gasteiger partial charge in [-0.05, 0) is 66.1 Å². The van der Waals surface area contributed by atoms with Crippen molar-refractivity contribution >= 4 is 17.5 Å². The standard InChI is InChI=1S/C34H32ClFN2O/c1-23-14-15-31(35)30(18-23)34-29-12-6-4-8-24(29)16-17-37(34)22-33(39)38(21-27-11-5-7-13-32(27)36)28-19-25-9-2-3-10-26(25)20-28/h2-15,18,28,34H,16-17,19-22H2,1H3/t34-/m0/s1. The molecule has 2 aliphatic rings. The number of halogens is 2. The van der Waals surface area contributed by atoms with E-state index in [0.29, 0.717) is 10.6 Å². The van der Waals surface area contributed by atoms with Crippen LogP contribution in [-0.4, -0.2) is 34.8 Å². The average Bonchev–Trinajstić information content (AvgIpc) is 3.38. The molecule has 1 amide bonds. The number of rotatable bonds is 6. The molecule has 1 aliphatic heterocycles. The van der Waals surface area contributed by atoms with Crippen molar-refractivity contribution in [1.29, 1.82) is 0 Å². The van der Waals surface area contributed by atoms with Gasteiger partial charge in [-0.15, -0.1) is 0 Å². The predicted octanol–water partition coefficient (Wildman–Crippen LogP) is 6.93. The molecule has 3 nitrogen and oxygen atoms in total. The lowest BCUT2D eigenvalue weighted by Gasteiger charge is -2.39. The molecule has 0 fully saturated rings. The number of carbonyl (C=O) groups excluding carboxylic acids is 1. The Labute approximate surface area is 234 Å². The minimum Gasteiger partial charge on any atom is -0.333 e. The second-order valence-electron chi connectivity index (χ2n) is 10.8. The molecular weight excluding hydrogens is 507 g/mol. The third kappa shape index (κ3) is 5.24. The van der Waals surface area contributed by atoms with Gasteiger partial charge in [0.05, 0.1) is 12.6 Å². The van der Waals surface area contributed by atoms with Crippen LogP contribution in [-0.2, 0) is 30.6 Å². The van der Waals surface area contributed by atoms with Crippen molar-refractivity contribution in [2.75, 3.05) is 13.1 Å². The molecule has 0 N–H and O–H groups in total. The number of aryl methyl sites for hydroxylation is 1. The van der Waals surface area contributed by atoms with Gasteiger partial charge >= 0.3 is 0 Å². The van der Waals surface area contributed by atoms with Gasteiger partial charge in [0.25, 0.3) is 0 Å². The molecule has 4 aromatic carbocycles. The second-order valence-corrected chi connectivity index (χ2v) is 11.2. The number of benzene rings is 4. The smallest absolute Gasteiger partial charge is 0.237 e. The average molecular weight is 539 g/mol. The molecule has 6 rings (SSSR count). The molecule has 1 aliphatic carbocycles. The summed E-state index contributed by atoms with van der Waals surface area (Å²) in [7, 11) is 0. The van der Waals surface area contributed by atoms with Gasteiger partial charge in [0.1, 0.15) is 5.82 Å². The highest BCUT2D eigenvalue weighted by Gasteiger charge is 2.35. The Balaban J connectivity index is 1.34. The number of amides is 1. The summed E-state index contributed by atoms with van der Waals surface area (Å²) in [6.07, 6.45) is 2.43. The molecule has 1 atom stereocenters. The first-order chi connectivity index (χ1) is 19.0. The van der Waals surface area contributed by atoms with Gasteiger partial charge in [0.15, 0.2) is 0 Å². The molecule has 4 aromatic rings. The predicted molar refractivity (Wildman–Crippen MR) is 154 cm³/mol. The zero-order valence-corrected chi connectivity index (χ0v) is 22.9. The molecule has 0 saturated carbocycles. The summed E-state index contributed by atoms with van der Waals surface area (Å²) in [6.45, 7) is 3.31. The maximum atomic E-state index is 14.8. The lowest BCUT2D eigenvalue weighted by atomic mass is 9.87. The van der Waals surface area contributed by atoms with Gasteiger partial charge in [-0.25, -0.2) is 4.39 Å². The summed E-state index contributed by atoms with van der Waals surface area (Å²) in [6, 6.07) is 29.6. The molecule has 5 heteroatoms. The van der Waals surface area contributed by atoms with E-state index in [1.165, 1.54) is 28.3 Å². The van der Waals surface area contributed by atoms with E-state index in [4.69, 9.17) is 11.6 Å². The summed E-state index contributed by atoms with van der Waals surface area (Å²) >= 11 is 6.78. The Bertz CT molecular complexity index is 1490. The van der Waals surface area contributed by atoms with Crippen molar-refractivity contribution in [3.63, 3.8) is 0 Å². The van der Waals surface area contributed by atoms with Crippen molar-refractivity contribution in [1.82, 2.24) is 9.80 Å². The lowest BCUT2D eigenvalue weighted by Crippen LogP contribution is -2.48. The number of hydrogen-bond acceptors (Lipinski definition) is 2. The van der Waals surface area contributed by atoms with Crippen molar-refractivity contribution in [3.05, 3.63) is 141 Å². The van der Waals surface area contributed by atoms with Gasteiger partial charge in [-0.1, -0.05) is 96.0 Å². The summed E-state index contributed by atoms with van der Waals surface area (Å²) in [5.41, 5.74) is 7.72. The van der Waals surface area contributed by atoms with Crippen LogP contribution in [0.25, 0.3) is 0 Å². The number of hydrogen-bond donors (Lipinski definition) is 0. The third-order valence-electron chi connectivity index (χ3n) is 8.26. The Morgan fingerprint density at radius 1 is 0.897 bits per heavy atom. The number of fused-ring (bicyclic) bond motifs is 2. The Morgan fingerprint density at radius 3 is 2.31 bits per heavy atom. The number of carbonyl (C=O) groups is 1. The fourth-order valence-electron chi connectivity index (χ4n) is 6.28. The van der Waals surface area contributed by atoms with Crippen LogP contribution in [0.3, 0.4) is 0 Å². The van der Waals surface area contributed by atoms with E-state index in [-0.39, 0.29) is 36.9 Å². The van der Waals surface area contributed by atoms with E-state index in [9.17, 15) is 9.18 Å². The normalized spacial score (nSPS) is 17.1. The molecule has 198 valence electrons. The van der Waals surface area contributed by atoms with Crippen LogP contribution in [0.2, 0.25) is 5.02 Å². The Kier molecular flexibility index (Phi) is 7.24. The Hall–Kier alpha value is -3.47. The maximum Gasteiger partial charge on any atom is 0.237 e.